The van der Waals surface area contributed by atoms with E-state index in [9.17, 15) is 14.0 Å². The van der Waals surface area contributed by atoms with Crippen molar-refractivity contribution in [3.63, 3.8) is 0 Å². The first-order chi connectivity index (χ1) is 11.6. The molecule has 1 aromatic rings. The third kappa shape index (κ3) is 3.93. The van der Waals surface area contributed by atoms with Gasteiger partial charge in [-0.2, -0.15) is 0 Å². The molecule has 0 spiro atoms. The third-order valence-electron chi connectivity index (χ3n) is 4.79. The number of ether oxygens (including phenoxy) is 1. The Morgan fingerprint density at radius 2 is 1.96 bits per heavy atom. The predicted octanol–water partition coefficient (Wildman–Crippen LogP) is 1.97. The summed E-state index contributed by atoms with van der Waals surface area (Å²) in [5.41, 5.74) is 0.0961. The summed E-state index contributed by atoms with van der Waals surface area (Å²) in [6.45, 7) is 2.29. The highest BCUT2D eigenvalue weighted by molar-refractivity contribution is 5.94. The maximum Gasteiger partial charge on any atom is 0.256 e. The average Bonchev–Trinajstić information content (AvgIpc) is 3.13. The normalized spacial score (nSPS) is 21.7. The van der Waals surface area contributed by atoms with Crippen LogP contribution < -0.4 is 5.32 Å². The van der Waals surface area contributed by atoms with E-state index in [2.05, 4.69) is 5.32 Å². The highest BCUT2D eigenvalue weighted by Crippen LogP contribution is 2.20. The zero-order valence-corrected chi connectivity index (χ0v) is 13.7. The maximum absolute atomic E-state index is 13.7. The molecule has 2 aliphatic rings. The molecule has 1 N–H and O–H groups in total. The molecular weight excluding hydrogens is 311 g/mol. The van der Waals surface area contributed by atoms with Crippen LogP contribution in [0.1, 0.15) is 36.0 Å². The van der Waals surface area contributed by atoms with Crippen LogP contribution in [0.25, 0.3) is 0 Å². The molecule has 2 aliphatic heterocycles. The topological polar surface area (TPSA) is 58.6 Å². The van der Waals surface area contributed by atoms with E-state index >= 15 is 0 Å². The molecule has 2 heterocycles. The van der Waals surface area contributed by atoms with E-state index in [0.29, 0.717) is 32.5 Å². The van der Waals surface area contributed by atoms with Gasteiger partial charge in [0.2, 0.25) is 5.91 Å². The number of likely N-dealkylation sites (tertiary alicyclic amines) is 1. The van der Waals surface area contributed by atoms with E-state index in [1.807, 2.05) is 0 Å². The lowest BCUT2D eigenvalue weighted by Crippen LogP contribution is -2.44. The van der Waals surface area contributed by atoms with Crippen molar-refractivity contribution in [3.8, 4) is 0 Å². The number of carbonyl (C=O) groups excluding carboxylic acids is 2. The van der Waals surface area contributed by atoms with Crippen molar-refractivity contribution in [1.82, 2.24) is 10.2 Å². The number of rotatable bonds is 4. The van der Waals surface area contributed by atoms with Gasteiger partial charge in [-0.3, -0.25) is 9.59 Å². The first-order valence-electron chi connectivity index (χ1n) is 8.58. The second kappa shape index (κ2) is 7.75. The SMILES string of the molecule is O=C(NC[C@H]1CCCO1)C1CCN(C(=O)c2ccccc2F)CC1. The monoisotopic (exact) mass is 334 g/mol. The smallest absolute Gasteiger partial charge is 0.256 e. The van der Waals surface area contributed by atoms with Gasteiger partial charge in [0.05, 0.1) is 11.7 Å². The number of benzene rings is 1. The standard InChI is InChI=1S/C18H23FN2O3/c19-16-6-2-1-5-15(16)18(23)21-9-7-13(8-10-21)17(22)20-12-14-4-3-11-24-14/h1-2,5-6,13-14H,3-4,7-12H2,(H,20,22)/t14-/m1/s1. The second-order valence-corrected chi connectivity index (χ2v) is 6.43. The van der Waals surface area contributed by atoms with Crippen LogP contribution in [-0.4, -0.2) is 49.1 Å². The molecule has 1 atom stereocenters. The largest absolute Gasteiger partial charge is 0.376 e. The Labute approximate surface area is 141 Å². The minimum atomic E-state index is -0.501. The lowest BCUT2D eigenvalue weighted by molar-refractivity contribution is -0.126. The first-order valence-corrected chi connectivity index (χ1v) is 8.58. The van der Waals surface area contributed by atoms with E-state index in [0.717, 1.165) is 19.4 Å². The Hall–Kier alpha value is -1.95. The van der Waals surface area contributed by atoms with E-state index < -0.39 is 5.82 Å². The summed E-state index contributed by atoms with van der Waals surface area (Å²) in [5, 5.41) is 2.95. The van der Waals surface area contributed by atoms with Gasteiger partial charge in [-0.1, -0.05) is 12.1 Å². The van der Waals surface area contributed by atoms with Gasteiger partial charge in [0.1, 0.15) is 5.82 Å². The number of nitrogens with one attached hydrogen (secondary N) is 1. The van der Waals surface area contributed by atoms with E-state index in [-0.39, 0.29) is 29.4 Å². The quantitative estimate of drug-likeness (QED) is 0.916. The summed E-state index contributed by atoms with van der Waals surface area (Å²) in [6.07, 6.45) is 3.40. The Balaban J connectivity index is 1.47. The van der Waals surface area contributed by atoms with Crippen LogP contribution in [0.2, 0.25) is 0 Å². The lowest BCUT2D eigenvalue weighted by atomic mass is 9.95. The van der Waals surface area contributed by atoms with Crippen molar-refractivity contribution < 1.29 is 18.7 Å². The van der Waals surface area contributed by atoms with Crippen LogP contribution in [0.5, 0.6) is 0 Å². The minimum absolute atomic E-state index is 0.0310. The fraction of sp³-hybridized carbons (Fsp3) is 0.556. The Morgan fingerprint density at radius 1 is 1.21 bits per heavy atom. The van der Waals surface area contributed by atoms with Crippen molar-refractivity contribution in [2.75, 3.05) is 26.2 Å². The van der Waals surface area contributed by atoms with Gasteiger partial charge in [0.15, 0.2) is 0 Å². The molecule has 0 radical (unpaired) electrons. The highest BCUT2D eigenvalue weighted by atomic mass is 19.1. The van der Waals surface area contributed by atoms with Gasteiger partial charge < -0.3 is 15.0 Å². The van der Waals surface area contributed by atoms with Crippen molar-refractivity contribution in [2.24, 2.45) is 5.92 Å². The van der Waals surface area contributed by atoms with Crippen LogP contribution in [0, 0.1) is 11.7 Å². The molecule has 2 amide bonds. The summed E-state index contributed by atoms with van der Waals surface area (Å²) in [7, 11) is 0. The highest BCUT2D eigenvalue weighted by Gasteiger charge is 2.29. The predicted molar refractivity (Wildman–Crippen MR) is 87.0 cm³/mol. The number of carbonyl (C=O) groups is 2. The minimum Gasteiger partial charge on any atom is -0.376 e. The molecule has 0 bridgehead atoms. The molecule has 24 heavy (non-hydrogen) atoms. The van der Waals surface area contributed by atoms with Gasteiger partial charge >= 0.3 is 0 Å². The van der Waals surface area contributed by atoms with Crippen LogP contribution in [0.15, 0.2) is 24.3 Å². The molecule has 0 aromatic heterocycles. The molecule has 0 saturated carbocycles. The number of hydrogen-bond donors (Lipinski definition) is 1. The number of nitrogens with zero attached hydrogens (tertiary/aromatic N) is 1. The second-order valence-electron chi connectivity index (χ2n) is 6.43. The Bertz CT molecular complexity index is 594. The lowest BCUT2D eigenvalue weighted by Gasteiger charge is -2.31. The summed E-state index contributed by atoms with van der Waals surface area (Å²) in [6, 6.07) is 6.01. The van der Waals surface area contributed by atoms with Crippen LogP contribution in [-0.2, 0) is 9.53 Å². The molecule has 1 aromatic carbocycles. The van der Waals surface area contributed by atoms with Crippen LogP contribution >= 0.6 is 0 Å². The van der Waals surface area contributed by atoms with Crippen molar-refractivity contribution in [1.29, 1.82) is 0 Å². The Kier molecular flexibility index (Phi) is 5.45. The fourth-order valence-corrected chi connectivity index (χ4v) is 3.31. The number of halogens is 1. The number of hydrogen-bond acceptors (Lipinski definition) is 3. The molecule has 2 saturated heterocycles. The molecule has 5 nitrogen and oxygen atoms in total. The van der Waals surface area contributed by atoms with Gasteiger partial charge in [0.25, 0.3) is 5.91 Å². The van der Waals surface area contributed by atoms with Gasteiger partial charge in [-0.15, -0.1) is 0 Å². The van der Waals surface area contributed by atoms with Crippen LogP contribution in [0.3, 0.4) is 0 Å². The van der Waals surface area contributed by atoms with Gasteiger partial charge in [-0.25, -0.2) is 4.39 Å². The first kappa shape index (κ1) is 16.9. The summed E-state index contributed by atoms with van der Waals surface area (Å²) in [5.74, 6) is -0.857. The summed E-state index contributed by atoms with van der Waals surface area (Å²) < 4.78 is 19.2. The number of piperidine rings is 1. The molecule has 130 valence electrons. The fourth-order valence-electron chi connectivity index (χ4n) is 3.31. The summed E-state index contributed by atoms with van der Waals surface area (Å²) >= 11 is 0. The number of amides is 2. The van der Waals surface area contributed by atoms with Gasteiger partial charge in [-0.05, 0) is 37.8 Å². The zero-order chi connectivity index (χ0) is 16.9. The maximum atomic E-state index is 13.7. The van der Waals surface area contributed by atoms with E-state index in [4.69, 9.17) is 4.74 Å². The molecule has 0 aliphatic carbocycles. The average molecular weight is 334 g/mol. The van der Waals surface area contributed by atoms with Gasteiger partial charge in [0, 0.05) is 32.2 Å². The Morgan fingerprint density at radius 3 is 2.62 bits per heavy atom. The molecule has 2 fully saturated rings. The zero-order valence-electron chi connectivity index (χ0n) is 13.7. The summed E-state index contributed by atoms with van der Waals surface area (Å²) in [4.78, 5) is 26.2. The third-order valence-corrected chi connectivity index (χ3v) is 4.79. The van der Waals surface area contributed by atoms with Crippen molar-refractivity contribution in [3.05, 3.63) is 35.6 Å². The van der Waals surface area contributed by atoms with Crippen molar-refractivity contribution >= 4 is 11.8 Å². The molecular formula is C18H23FN2O3. The van der Waals surface area contributed by atoms with Crippen molar-refractivity contribution in [2.45, 2.75) is 31.8 Å². The van der Waals surface area contributed by atoms with Crippen LogP contribution in [0.4, 0.5) is 4.39 Å². The molecule has 6 heteroatoms. The van der Waals surface area contributed by atoms with E-state index in [1.165, 1.54) is 12.1 Å². The van der Waals surface area contributed by atoms with E-state index in [1.54, 1.807) is 17.0 Å². The molecule has 0 unspecified atom stereocenters. The molecule has 3 rings (SSSR count).